The molecule has 2 aromatic heterocycles. The van der Waals surface area contributed by atoms with Crippen LogP contribution in [0.5, 0.6) is 17.2 Å². The van der Waals surface area contributed by atoms with Crippen LogP contribution in [0, 0.1) is 0 Å². The molecule has 0 bridgehead atoms. The van der Waals surface area contributed by atoms with Gasteiger partial charge in [0.2, 0.25) is 0 Å². The van der Waals surface area contributed by atoms with Gasteiger partial charge in [-0.15, -0.1) is 0 Å². The number of fused-ring (bicyclic) bond motifs is 1. The number of nitrogens with one attached hydrogen (secondary N) is 1. The Morgan fingerprint density at radius 1 is 1.26 bits per heavy atom. The van der Waals surface area contributed by atoms with Crippen molar-refractivity contribution in [3.8, 4) is 17.2 Å². The number of pyridine rings is 1. The number of nitrogens with two attached hydrogens (primary N) is 1. The molecule has 8 nitrogen and oxygen atoms in total. The number of nitrogens with zero attached hydrogens (tertiary/aromatic N) is 1. The molecular formula is C21H23N3O5S2. The second kappa shape index (κ2) is 8.81. The molecule has 3 N–H and O–H groups in total. The Labute approximate surface area is 185 Å². The molecule has 1 saturated heterocycles. The van der Waals surface area contributed by atoms with Gasteiger partial charge in [-0.3, -0.25) is 4.98 Å². The van der Waals surface area contributed by atoms with Gasteiger partial charge in [0.05, 0.1) is 42.1 Å². The molecule has 1 aliphatic rings. The van der Waals surface area contributed by atoms with Gasteiger partial charge >= 0.3 is 0 Å². The number of hydrogen-bond acceptors (Lipinski definition) is 7. The van der Waals surface area contributed by atoms with E-state index in [4.69, 9.17) is 32.2 Å². The average molecular weight is 462 g/mol. The molecule has 1 aliphatic heterocycles. The van der Waals surface area contributed by atoms with Crippen molar-refractivity contribution in [1.29, 1.82) is 0 Å². The van der Waals surface area contributed by atoms with Crippen molar-refractivity contribution in [2.45, 2.75) is 24.7 Å². The number of aromatic amines is 1. The number of aromatic nitrogens is 2. The Morgan fingerprint density at radius 3 is 2.68 bits per heavy atom. The summed E-state index contributed by atoms with van der Waals surface area (Å²) in [5.74, 6) is 1.57. The van der Waals surface area contributed by atoms with E-state index in [0.29, 0.717) is 41.9 Å². The quantitative estimate of drug-likeness (QED) is 0.516. The van der Waals surface area contributed by atoms with Gasteiger partial charge in [0.15, 0.2) is 9.84 Å². The van der Waals surface area contributed by atoms with Crippen molar-refractivity contribution in [3.05, 3.63) is 47.9 Å². The first-order chi connectivity index (χ1) is 14.8. The van der Waals surface area contributed by atoms with Crippen molar-refractivity contribution in [3.63, 3.8) is 0 Å². The van der Waals surface area contributed by atoms with Crippen LogP contribution in [0.4, 0.5) is 0 Å². The molecule has 0 spiro atoms. The van der Waals surface area contributed by atoms with Gasteiger partial charge in [-0.25, -0.2) is 8.42 Å². The molecule has 0 aliphatic carbocycles. The third-order valence-corrected chi connectivity index (χ3v) is 5.88. The van der Waals surface area contributed by atoms with Gasteiger partial charge in [-0.05, 0) is 24.3 Å². The van der Waals surface area contributed by atoms with Crippen molar-refractivity contribution in [2.24, 2.45) is 5.73 Å². The molecule has 4 rings (SSSR count). The van der Waals surface area contributed by atoms with E-state index in [1.54, 1.807) is 12.1 Å². The Bertz CT molecular complexity index is 1200. The van der Waals surface area contributed by atoms with Crippen LogP contribution in [-0.4, -0.2) is 48.9 Å². The first kappa shape index (κ1) is 21.5. The second-order valence-electron chi connectivity index (χ2n) is 7.52. The minimum absolute atomic E-state index is 0.0423. The fourth-order valence-corrected chi connectivity index (χ4v) is 4.22. The number of thiocarbonyl (C=S) groups is 1. The monoisotopic (exact) mass is 461 g/mol. The van der Waals surface area contributed by atoms with E-state index in [-0.39, 0.29) is 16.8 Å². The first-order valence-electron chi connectivity index (χ1n) is 9.78. The molecule has 0 saturated carbocycles. The zero-order valence-electron chi connectivity index (χ0n) is 17.0. The molecule has 31 heavy (non-hydrogen) atoms. The lowest BCUT2D eigenvalue weighted by Gasteiger charge is -2.24. The van der Waals surface area contributed by atoms with Crippen LogP contribution in [0.3, 0.4) is 0 Å². The van der Waals surface area contributed by atoms with E-state index >= 15 is 0 Å². The summed E-state index contributed by atoms with van der Waals surface area (Å²) in [6.07, 6.45) is 4.33. The molecule has 164 valence electrons. The molecule has 0 unspecified atom stereocenters. The van der Waals surface area contributed by atoms with Gasteiger partial charge in [0.25, 0.3) is 0 Å². The van der Waals surface area contributed by atoms with E-state index in [9.17, 15) is 8.42 Å². The molecule has 0 atom stereocenters. The maximum Gasteiger partial charge on any atom is 0.153 e. The third kappa shape index (κ3) is 5.52. The van der Waals surface area contributed by atoms with Crippen molar-refractivity contribution < 1.29 is 22.6 Å². The van der Waals surface area contributed by atoms with Crippen LogP contribution in [0.15, 0.2) is 36.5 Å². The van der Waals surface area contributed by atoms with Crippen LogP contribution < -0.4 is 15.2 Å². The minimum Gasteiger partial charge on any atom is -0.488 e. The van der Waals surface area contributed by atoms with Crippen molar-refractivity contribution in [2.75, 3.05) is 19.5 Å². The molecule has 3 aromatic rings. The Kier molecular flexibility index (Phi) is 6.12. The second-order valence-corrected chi connectivity index (χ2v) is 10.1. The third-order valence-electron chi connectivity index (χ3n) is 4.84. The summed E-state index contributed by atoms with van der Waals surface area (Å²) in [6, 6.07) is 8.84. The van der Waals surface area contributed by atoms with Gasteiger partial charge < -0.3 is 24.9 Å². The zero-order valence-corrected chi connectivity index (χ0v) is 18.6. The Morgan fingerprint density at radius 2 is 2.03 bits per heavy atom. The fraction of sp³-hybridized carbons (Fsp3) is 0.333. The largest absolute Gasteiger partial charge is 0.488 e. The van der Waals surface area contributed by atoms with Crippen LogP contribution in [0.2, 0.25) is 0 Å². The number of sulfone groups is 1. The fourth-order valence-electron chi connectivity index (χ4n) is 3.40. The molecule has 10 heteroatoms. The van der Waals surface area contributed by atoms with Gasteiger partial charge in [0.1, 0.15) is 28.3 Å². The van der Waals surface area contributed by atoms with E-state index < -0.39 is 9.84 Å². The molecular weight excluding hydrogens is 438 g/mol. The lowest BCUT2D eigenvalue weighted by atomic mass is 10.1. The number of hydrogen-bond donors (Lipinski definition) is 2. The topological polar surface area (TPSA) is 117 Å². The van der Waals surface area contributed by atoms with Crippen LogP contribution in [0.25, 0.3) is 10.9 Å². The SMILES string of the molecule is CS(=O)(=O)Cc1ccc(Oc2cc(OC3CCOCC3)c3[nH]c(C(N)=S)cc3c2)cn1. The van der Waals surface area contributed by atoms with E-state index in [0.717, 1.165) is 23.7 Å². The summed E-state index contributed by atoms with van der Waals surface area (Å²) < 4.78 is 40.5. The minimum atomic E-state index is -3.15. The number of ether oxygens (including phenoxy) is 3. The first-order valence-corrected chi connectivity index (χ1v) is 12.3. The molecule has 1 aromatic carbocycles. The Hall–Kier alpha value is -2.69. The van der Waals surface area contributed by atoms with Crippen LogP contribution in [-0.2, 0) is 20.3 Å². The van der Waals surface area contributed by atoms with Gasteiger partial charge in [-0.2, -0.15) is 0 Å². The maximum atomic E-state index is 11.4. The molecule has 0 radical (unpaired) electrons. The maximum absolute atomic E-state index is 11.4. The van der Waals surface area contributed by atoms with Crippen LogP contribution in [0.1, 0.15) is 24.2 Å². The van der Waals surface area contributed by atoms with Crippen molar-refractivity contribution in [1.82, 2.24) is 9.97 Å². The highest BCUT2D eigenvalue weighted by Crippen LogP contribution is 2.35. The highest BCUT2D eigenvalue weighted by atomic mass is 32.2. The smallest absolute Gasteiger partial charge is 0.153 e. The van der Waals surface area contributed by atoms with E-state index in [2.05, 4.69) is 9.97 Å². The molecule has 3 heterocycles. The number of rotatable bonds is 7. The lowest BCUT2D eigenvalue weighted by Crippen LogP contribution is -2.26. The molecule has 0 amide bonds. The predicted octanol–water partition coefficient (Wildman–Crippen LogP) is 3.09. The summed E-state index contributed by atoms with van der Waals surface area (Å²) in [5.41, 5.74) is 7.69. The highest BCUT2D eigenvalue weighted by Gasteiger charge is 2.19. The summed E-state index contributed by atoms with van der Waals surface area (Å²) in [5, 5.41) is 0.851. The highest BCUT2D eigenvalue weighted by molar-refractivity contribution is 7.89. The van der Waals surface area contributed by atoms with Crippen molar-refractivity contribution >= 4 is 37.9 Å². The summed E-state index contributed by atoms with van der Waals surface area (Å²) in [4.78, 5) is 7.67. The van der Waals surface area contributed by atoms with Gasteiger partial charge in [-0.1, -0.05) is 12.2 Å². The summed E-state index contributed by atoms with van der Waals surface area (Å²) in [6.45, 7) is 1.33. The van der Waals surface area contributed by atoms with E-state index in [1.165, 1.54) is 12.5 Å². The molecule has 1 fully saturated rings. The Balaban J connectivity index is 1.63. The lowest BCUT2D eigenvalue weighted by molar-refractivity contribution is 0.0260. The normalized spacial score (nSPS) is 15.1. The van der Waals surface area contributed by atoms with Gasteiger partial charge in [0, 0.05) is 30.6 Å². The number of H-pyrrole nitrogens is 1. The van der Waals surface area contributed by atoms with Crippen LogP contribution >= 0.6 is 12.2 Å². The average Bonchev–Trinajstić information content (AvgIpc) is 3.14. The summed E-state index contributed by atoms with van der Waals surface area (Å²) in [7, 11) is -3.15. The predicted molar refractivity (Wildman–Crippen MR) is 122 cm³/mol. The zero-order chi connectivity index (χ0) is 22.0. The summed E-state index contributed by atoms with van der Waals surface area (Å²) >= 11 is 5.10. The van der Waals surface area contributed by atoms with E-state index in [1.807, 2.05) is 18.2 Å². The number of benzene rings is 1. The standard InChI is InChI=1S/C21H23N3O5S2/c1-31(25,26)12-14-2-3-16(11-23-14)28-17-8-13-9-18(21(22)30)24-20(13)19(10-17)29-15-4-6-27-7-5-15/h2-3,8-11,15,24H,4-7,12H2,1H3,(H2,22,30).